The van der Waals surface area contributed by atoms with Gasteiger partial charge in [-0.25, -0.2) is 9.10 Å². The molecule has 3 aromatic rings. The van der Waals surface area contributed by atoms with Crippen molar-refractivity contribution in [1.29, 1.82) is 0 Å². The topological polar surface area (TPSA) is 63.7 Å². The number of hydrogen-bond acceptors (Lipinski definition) is 7. The maximum absolute atomic E-state index is 12.2. The molecule has 4 rings (SSSR count). The van der Waals surface area contributed by atoms with Gasteiger partial charge in [0.05, 0.1) is 47.7 Å². The zero-order chi connectivity index (χ0) is 20.2. The van der Waals surface area contributed by atoms with Gasteiger partial charge in [0.25, 0.3) is 0 Å². The predicted molar refractivity (Wildman–Crippen MR) is 116 cm³/mol. The van der Waals surface area contributed by atoms with Gasteiger partial charge in [-0.05, 0) is 42.3 Å². The molecule has 0 saturated carbocycles. The van der Waals surface area contributed by atoms with Crippen LogP contribution in [0.25, 0.3) is 10.9 Å². The highest BCUT2D eigenvalue weighted by atomic mass is 35.5. The minimum atomic E-state index is -0.396. The number of ether oxygens (including phenoxy) is 2. The number of carbonyl (C=O) groups is 1. The number of pyridine rings is 1. The van der Waals surface area contributed by atoms with Gasteiger partial charge < -0.3 is 14.8 Å². The van der Waals surface area contributed by atoms with Crippen LogP contribution in [0.15, 0.2) is 53.6 Å². The minimum Gasteiger partial charge on any atom is -0.465 e. The molecule has 1 aromatic heterocycles. The van der Waals surface area contributed by atoms with Crippen molar-refractivity contribution in [3.63, 3.8) is 0 Å². The molecule has 1 saturated heterocycles. The van der Waals surface area contributed by atoms with Gasteiger partial charge in [-0.2, -0.15) is 0 Å². The van der Waals surface area contributed by atoms with Gasteiger partial charge in [0.2, 0.25) is 0 Å². The maximum atomic E-state index is 12.2. The minimum absolute atomic E-state index is 0.396. The Morgan fingerprint density at radius 3 is 2.83 bits per heavy atom. The average molecular weight is 430 g/mol. The molecule has 6 nitrogen and oxygen atoms in total. The number of halogens is 1. The molecule has 0 amide bonds. The van der Waals surface area contributed by atoms with Gasteiger partial charge in [-0.1, -0.05) is 23.7 Å². The number of morpholine rings is 1. The fourth-order valence-corrected chi connectivity index (χ4v) is 4.27. The van der Waals surface area contributed by atoms with Gasteiger partial charge in [-0.15, -0.1) is 0 Å². The van der Waals surface area contributed by atoms with Crippen LogP contribution < -0.4 is 5.32 Å². The Labute approximate surface area is 178 Å². The highest BCUT2D eigenvalue weighted by Gasteiger charge is 2.19. The number of hydrogen-bond donors (Lipinski definition) is 1. The van der Waals surface area contributed by atoms with Crippen LogP contribution in [-0.2, 0) is 9.47 Å². The second-order valence-corrected chi connectivity index (χ2v) is 8.03. The van der Waals surface area contributed by atoms with Crippen molar-refractivity contribution in [1.82, 2.24) is 9.29 Å². The quantitative estimate of drug-likeness (QED) is 0.463. The first-order chi connectivity index (χ1) is 14.2. The van der Waals surface area contributed by atoms with E-state index in [1.165, 1.54) is 7.11 Å². The monoisotopic (exact) mass is 429 g/mol. The molecule has 150 valence electrons. The fraction of sp³-hybridized carbons (Fsp3) is 0.238. The van der Waals surface area contributed by atoms with Crippen LogP contribution in [0.1, 0.15) is 10.4 Å². The third-order valence-corrected chi connectivity index (χ3v) is 5.95. The first-order valence-corrected chi connectivity index (χ1v) is 10.3. The van der Waals surface area contributed by atoms with Crippen LogP contribution in [0.3, 0.4) is 0 Å². The summed E-state index contributed by atoms with van der Waals surface area (Å²) in [6.45, 7) is 3.06. The van der Waals surface area contributed by atoms with Crippen LogP contribution in [0, 0.1) is 0 Å². The van der Waals surface area contributed by atoms with E-state index in [0.29, 0.717) is 29.5 Å². The zero-order valence-corrected chi connectivity index (χ0v) is 17.4. The summed E-state index contributed by atoms with van der Waals surface area (Å²) in [5.74, 6) is -0.396. The third-order valence-electron chi connectivity index (χ3n) is 4.58. The molecule has 0 radical (unpaired) electrons. The molecular weight excluding hydrogens is 410 g/mol. The molecule has 0 aliphatic carbocycles. The molecule has 1 aliphatic rings. The lowest BCUT2D eigenvalue weighted by molar-refractivity contribution is 0.0602. The number of nitrogens with one attached hydrogen (secondary N) is 1. The van der Waals surface area contributed by atoms with Crippen LogP contribution in [0.4, 0.5) is 11.4 Å². The number of carbonyl (C=O) groups excluding carboxylic acids is 1. The number of fused-ring (bicyclic) bond motifs is 1. The first-order valence-electron chi connectivity index (χ1n) is 9.19. The second-order valence-electron chi connectivity index (χ2n) is 6.45. The van der Waals surface area contributed by atoms with Crippen molar-refractivity contribution in [3.05, 3.63) is 59.2 Å². The van der Waals surface area contributed by atoms with Gasteiger partial charge in [-0.3, -0.25) is 4.98 Å². The maximum Gasteiger partial charge on any atom is 0.339 e. The SMILES string of the molecule is COC(=O)c1ccccc1Nc1c(SN2CCOCC2)cnc2ccc(Cl)cc12. The summed E-state index contributed by atoms with van der Waals surface area (Å²) in [4.78, 5) is 17.8. The number of nitrogens with zero attached hydrogens (tertiary/aromatic N) is 2. The lowest BCUT2D eigenvalue weighted by Gasteiger charge is -2.26. The molecule has 2 heterocycles. The summed E-state index contributed by atoms with van der Waals surface area (Å²) < 4.78 is 12.6. The Bertz CT molecular complexity index is 1040. The fourth-order valence-electron chi connectivity index (χ4n) is 3.14. The highest BCUT2D eigenvalue weighted by molar-refractivity contribution is 7.97. The summed E-state index contributed by atoms with van der Waals surface area (Å²) in [5.41, 5.74) is 2.80. The lowest BCUT2D eigenvalue weighted by Crippen LogP contribution is -2.31. The first kappa shape index (κ1) is 20.0. The van der Waals surface area contributed by atoms with Crippen molar-refractivity contribution in [2.75, 3.05) is 38.7 Å². The summed E-state index contributed by atoms with van der Waals surface area (Å²) in [6, 6.07) is 12.9. The number of benzene rings is 2. The molecule has 0 unspecified atom stereocenters. The largest absolute Gasteiger partial charge is 0.465 e. The third kappa shape index (κ3) is 4.48. The van der Waals surface area contributed by atoms with E-state index in [0.717, 1.165) is 34.6 Å². The van der Waals surface area contributed by atoms with Crippen LogP contribution in [0.5, 0.6) is 0 Å². The smallest absolute Gasteiger partial charge is 0.339 e. The normalized spacial score (nSPS) is 14.7. The van der Waals surface area contributed by atoms with E-state index in [9.17, 15) is 4.79 Å². The number of esters is 1. The molecule has 0 spiro atoms. The van der Waals surface area contributed by atoms with E-state index < -0.39 is 5.97 Å². The van der Waals surface area contributed by atoms with Crippen LogP contribution in [-0.4, -0.2) is 48.7 Å². The summed E-state index contributed by atoms with van der Waals surface area (Å²) in [7, 11) is 1.38. The van der Waals surface area contributed by atoms with E-state index in [2.05, 4.69) is 14.6 Å². The Morgan fingerprint density at radius 2 is 2.03 bits per heavy atom. The van der Waals surface area contributed by atoms with Gasteiger partial charge in [0, 0.05) is 29.7 Å². The number of anilines is 2. The summed E-state index contributed by atoms with van der Waals surface area (Å²) >= 11 is 7.90. The van der Waals surface area contributed by atoms with Crippen molar-refractivity contribution in [2.24, 2.45) is 0 Å². The molecule has 0 atom stereocenters. The molecular formula is C21H20ClN3O3S. The summed E-state index contributed by atoms with van der Waals surface area (Å²) in [6.07, 6.45) is 1.85. The van der Waals surface area contributed by atoms with E-state index in [1.54, 1.807) is 18.0 Å². The number of aromatic nitrogens is 1. The Balaban J connectivity index is 1.79. The zero-order valence-electron chi connectivity index (χ0n) is 15.9. The van der Waals surface area contributed by atoms with Crippen molar-refractivity contribution in [2.45, 2.75) is 4.90 Å². The van der Waals surface area contributed by atoms with E-state index in [4.69, 9.17) is 21.1 Å². The van der Waals surface area contributed by atoms with Crippen molar-refractivity contribution >= 4 is 51.8 Å². The molecule has 0 bridgehead atoms. The predicted octanol–water partition coefficient (Wildman–Crippen LogP) is 4.76. The Kier molecular flexibility index (Phi) is 6.20. The number of para-hydroxylation sites is 1. The lowest BCUT2D eigenvalue weighted by atomic mass is 10.1. The van der Waals surface area contributed by atoms with E-state index in [-0.39, 0.29) is 0 Å². The van der Waals surface area contributed by atoms with Gasteiger partial charge in [0.15, 0.2) is 0 Å². The standard InChI is InChI=1S/C21H20ClN3O3S/c1-27-21(26)15-4-2-3-5-18(15)24-20-16-12-14(22)6-7-17(16)23-13-19(20)29-25-8-10-28-11-9-25/h2-7,12-13H,8-11H2,1H3,(H,23,24). The molecule has 8 heteroatoms. The Morgan fingerprint density at radius 1 is 1.24 bits per heavy atom. The second kappa shape index (κ2) is 9.00. The number of methoxy groups -OCH3 is 1. The summed E-state index contributed by atoms with van der Waals surface area (Å²) in [5, 5.41) is 4.94. The number of rotatable bonds is 5. The molecule has 2 aromatic carbocycles. The van der Waals surface area contributed by atoms with E-state index >= 15 is 0 Å². The average Bonchev–Trinajstić information content (AvgIpc) is 2.76. The van der Waals surface area contributed by atoms with Crippen molar-refractivity contribution < 1.29 is 14.3 Å². The van der Waals surface area contributed by atoms with Crippen LogP contribution in [0.2, 0.25) is 5.02 Å². The van der Waals surface area contributed by atoms with E-state index in [1.807, 2.05) is 42.6 Å². The van der Waals surface area contributed by atoms with Crippen LogP contribution >= 0.6 is 23.5 Å². The molecule has 1 aliphatic heterocycles. The van der Waals surface area contributed by atoms with Crippen molar-refractivity contribution in [3.8, 4) is 0 Å². The van der Waals surface area contributed by atoms with Gasteiger partial charge >= 0.3 is 5.97 Å². The highest BCUT2D eigenvalue weighted by Crippen LogP contribution is 2.38. The molecule has 1 N–H and O–H groups in total. The Hall–Kier alpha value is -2.32. The molecule has 29 heavy (non-hydrogen) atoms. The molecule has 1 fully saturated rings. The van der Waals surface area contributed by atoms with Gasteiger partial charge in [0.1, 0.15) is 0 Å².